The lowest BCUT2D eigenvalue weighted by atomic mass is 9.97. The first-order chi connectivity index (χ1) is 9.81. The number of nitrogens with zero attached hydrogens (tertiary/aromatic N) is 1. The molecule has 1 aromatic carbocycles. The van der Waals surface area contributed by atoms with Crippen LogP contribution in [0.15, 0.2) is 18.2 Å². The summed E-state index contributed by atoms with van der Waals surface area (Å²) in [6, 6.07) is 6.61. The maximum Gasteiger partial charge on any atom is 0.0971 e. The van der Waals surface area contributed by atoms with Crippen LogP contribution in [0.4, 0.5) is 5.69 Å². The molecular weight excluding hydrogens is 252 g/mol. The maximum absolute atomic E-state index is 5.52. The van der Waals surface area contributed by atoms with Gasteiger partial charge in [0, 0.05) is 46.1 Å². The van der Waals surface area contributed by atoms with Gasteiger partial charge in [-0.05, 0) is 30.0 Å². The Hall–Kier alpha value is -1.10. The van der Waals surface area contributed by atoms with Crippen molar-refractivity contribution in [3.8, 4) is 0 Å². The number of hydrogen-bond acceptors (Lipinski definition) is 4. The van der Waals surface area contributed by atoms with Crippen molar-refractivity contribution in [3.05, 3.63) is 29.3 Å². The van der Waals surface area contributed by atoms with E-state index in [0.717, 1.165) is 26.2 Å². The Morgan fingerprint density at radius 2 is 1.95 bits per heavy atom. The molecule has 0 amide bonds. The average Bonchev–Trinajstić information content (AvgIpc) is 2.90. The SMILES string of the molecule is COC1CN(Cc2cccc3c2CCCN3)CC1OC. The van der Waals surface area contributed by atoms with Crippen molar-refractivity contribution in [2.75, 3.05) is 39.2 Å². The van der Waals surface area contributed by atoms with Gasteiger partial charge in [0.1, 0.15) is 0 Å². The summed E-state index contributed by atoms with van der Waals surface area (Å²) >= 11 is 0. The standard InChI is InChI=1S/C16H24N2O2/c1-19-15-10-18(11-16(15)20-2)9-12-5-3-7-14-13(12)6-4-8-17-14/h3,5,7,15-17H,4,6,8-11H2,1-2H3. The molecule has 0 radical (unpaired) electrons. The highest BCUT2D eigenvalue weighted by atomic mass is 16.5. The molecule has 1 aromatic rings. The third kappa shape index (κ3) is 2.68. The lowest BCUT2D eigenvalue weighted by molar-refractivity contribution is -0.00461. The fourth-order valence-corrected chi connectivity index (χ4v) is 3.37. The van der Waals surface area contributed by atoms with Crippen LogP contribution in [-0.4, -0.2) is 51.0 Å². The van der Waals surface area contributed by atoms with Crippen molar-refractivity contribution in [2.45, 2.75) is 31.6 Å². The van der Waals surface area contributed by atoms with Gasteiger partial charge in [-0.1, -0.05) is 12.1 Å². The van der Waals surface area contributed by atoms with Crippen LogP contribution in [0.2, 0.25) is 0 Å². The number of likely N-dealkylation sites (tertiary alicyclic amines) is 1. The van der Waals surface area contributed by atoms with Gasteiger partial charge in [-0.25, -0.2) is 0 Å². The van der Waals surface area contributed by atoms with Crippen LogP contribution in [0.25, 0.3) is 0 Å². The molecule has 1 fully saturated rings. The molecule has 2 heterocycles. The van der Waals surface area contributed by atoms with Crippen LogP contribution in [0, 0.1) is 0 Å². The summed E-state index contributed by atoms with van der Waals surface area (Å²) in [5.41, 5.74) is 4.26. The van der Waals surface area contributed by atoms with Gasteiger partial charge < -0.3 is 14.8 Å². The normalized spacial score (nSPS) is 26.3. The molecule has 4 nitrogen and oxygen atoms in total. The first-order valence-corrected chi connectivity index (χ1v) is 7.44. The maximum atomic E-state index is 5.52. The third-order valence-corrected chi connectivity index (χ3v) is 4.48. The first kappa shape index (κ1) is 13.9. The Labute approximate surface area is 121 Å². The molecule has 2 aliphatic heterocycles. The molecular formula is C16H24N2O2. The summed E-state index contributed by atoms with van der Waals surface area (Å²) in [5.74, 6) is 0. The second kappa shape index (κ2) is 6.12. The fraction of sp³-hybridized carbons (Fsp3) is 0.625. The van der Waals surface area contributed by atoms with Gasteiger partial charge in [0.05, 0.1) is 12.2 Å². The largest absolute Gasteiger partial charge is 0.385 e. The van der Waals surface area contributed by atoms with Gasteiger partial charge in [0.2, 0.25) is 0 Å². The van der Waals surface area contributed by atoms with Crippen LogP contribution in [0.3, 0.4) is 0 Å². The van der Waals surface area contributed by atoms with E-state index in [4.69, 9.17) is 9.47 Å². The van der Waals surface area contributed by atoms with E-state index in [2.05, 4.69) is 28.4 Å². The summed E-state index contributed by atoms with van der Waals surface area (Å²) in [6.45, 7) is 3.99. The van der Waals surface area contributed by atoms with Crippen molar-refractivity contribution < 1.29 is 9.47 Å². The van der Waals surface area contributed by atoms with E-state index in [1.165, 1.54) is 29.7 Å². The van der Waals surface area contributed by atoms with E-state index in [1.807, 2.05) is 0 Å². The third-order valence-electron chi connectivity index (χ3n) is 4.48. The highest BCUT2D eigenvalue weighted by Crippen LogP contribution is 2.27. The molecule has 0 aromatic heterocycles. The number of nitrogens with one attached hydrogen (secondary N) is 1. The Morgan fingerprint density at radius 1 is 1.20 bits per heavy atom. The molecule has 20 heavy (non-hydrogen) atoms. The molecule has 1 N–H and O–H groups in total. The van der Waals surface area contributed by atoms with Crippen LogP contribution >= 0.6 is 0 Å². The average molecular weight is 276 g/mol. The minimum Gasteiger partial charge on any atom is -0.385 e. The van der Waals surface area contributed by atoms with Crippen molar-refractivity contribution in [1.82, 2.24) is 4.90 Å². The Balaban J connectivity index is 1.72. The quantitative estimate of drug-likeness (QED) is 0.910. The number of fused-ring (bicyclic) bond motifs is 1. The predicted molar refractivity (Wildman–Crippen MR) is 80.1 cm³/mol. The number of benzene rings is 1. The first-order valence-electron chi connectivity index (χ1n) is 7.44. The number of ether oxygens (including phenoxy) is 2. The van der Waals surface area contributed by atoms with Crippen LogP contribution in [-0.2, 0) is 22.4 Å². The molecule has 0 aliphatic carbocycles. The number of hydrogen-bond donors (Lipinski definition) is 1. The molecule has 0 bridgehead atoms. The van der Waals surface area contributed by atoms with Gasteiger partial charge in [0.15, 0.2) is 0 Å². The number of methoxy groups -OCH3 is 2. The topological polar surface area (TPSA) is 33.7 Å². The van der Waals surface area contributed by atoms with Crippen molar-refractivity contribution >= 4 is 5.69 Å². The van der Waals surface area contributed by atoms with Gasteiger partial charge in [-0.15, -0.1) is 0 Å². The van der Waals surface area contributed by atoms with E-state index < -0.39 is 0 Å². The molecule has 110 valence electrons. The van der Waals surface area contributed by atoms with E-state index in [0.29, 0.717) is 0 Å². The van der Waals surface area contributed by atoms with Gasteiger partial charge in [0.25, 0.3) is 0 Å². The summed E-state index contributed by atoms with van der Waals surface area (Å²) < 4.78 is 11.0. The summed E-state index contributed by atoms with van der Waals surface area (Å²) in [4.78, 5) is 2.44. The van der Waals surface area contributed by atoms with Gasteiger partial charge >= 0.3 is 0 Å². The van der Waals surface area contributed by atoms with Gasteiger partial charge in [-0.2, -0.15) is 0 Å². The summed E-state index contributed by atoms with van der Waals surface area (Å²) in [7, 11) is 3.54. The van der Waals surface area contributed by atoms with Crippen molar-refractivity contribution in [2.24, 2.45) is 0 Å². The van der Waals surface area contributed by atoms with Crippen molar-refractivity contribution in [3.63, 3.8) is 0 Å². The van der Waals surface area contributed by atoms with E-state index in [1.54, 1.807) is 14.2 Å². The Morgan fingerprint density at radius 3 is 2.65 bits per heavy atom. The van der Waals surface area contributed by atoms with Crippen LogP contribution in [0.5, 0.6) is 0 Å². The zero-order valence-electron chi connectivity index (χ0n) is 12.4. The fourth-order valence-electron chi connectivity index (χ4n) is 3.37. The summed E-state index contributed by atoms with van der Waals surface area (Å²) in [6.07, 6.45) is 2.80. The van der Waals surface area contributed by atoms with Crippen LogP contribution in [0.1, 0.15) is 17.5 Å². The number of rotatable bonds is 4. The summed E-state index contributed by atoms with van der Waals surface area (Å²) in [5, 5.41) is 3.50. The minimum absolute atomic E-state index is 0.192. The minimum atomic E-state index is 0.192. The van der Waals surface area contributed by atoms with Crippen molar-refractivity contribution in [1.29, 1.82) is 0 Å². The monoisotopic (exact) mass is 276 g/mol. The second-order valence-corrected chi connectivity index (χ2v) is 5.72. The molecule has 2 unspecified atom stereocenters. The molecule has 2 atom stereocenters. The van der Waals surface area contributed by atoms with Gasteiger partial charge in [-0.3, -0.25) is 4.90 Å². The predicted octanol–water partition coefficient (Wildman–Crippen LogP) is 1.89. The lowest BCUT2D eigenvalue weighted by Crippen LogP contribution is -2.27. The molecule has 0 spiro atoms. The van der Waals surface area contributed by atoms with E-state index in [-0.39, 0.29) is 12.2 Å². The molecule has 0 saturated carbocycles. The lowest BCUT2D eigenvalue weighted by Gasteiger charge is -2.23. The van der Waals surface area contributed by atoms with Crippen LogP contribution < -0.4 is 5.32 Å². The highest BCUT2D eigenvalue weighted by Gasteiger charge is 2.33. The molecule has 1 saturated heterocycles. The zero-order valence-corrected chi connectivity index (χ0v) is 12.4. The number of anilines is 1. The Bertz CT molecular complexity index is 452. The molecule has 2 aliphatic rings. The van der Waals surface area contributed by atoms with E-state index in [9.17, 15) is 0 Å². The molecule has 4 heteroatoms. The smallest absolute Gasteiger partial charge is 0.0971 e. The second-order valence-electron chi connectivity index (χ2n) is 5.72. The zero-order chi connectivity index (χ0) is 13.9. The molecule has 3 rings (SSSR count). The highest BCUT2D eigenvalue weighted by molar-refractivity contribution is 5.56. The van der Waals surface area contributed by atoms with E-state index >= 15 is 0 Å². The Kier molecular flexibility index (Phi) is 4.24.